The number of ether oxygens (including phenoxy) is 1. The molecule has 0 spiro atoms. The van der Waals surface area contributed by atoms with Crippen LogP contribution in [0.15, 0.2) is 0 Å². The standard InChI is InChI=1S/C11H15ClN4O/c1-5-9(12)10(16-11(13)14-5)15-7-4-8-6(7)2-3-17-8/h6-8H,2-4H2,1H3,(H3,13,14,15,16)/t6-,7+,8+/m1/s1. The summed E-state index contributed by atoms with van der Waals surface area (Å²) < 4.78 is 5.57. The van der Waals surface area contributed by atoms with Crippen molar-refractivity contribution in [3.8, 4) is 0 Å². The average molecular weight is 255 g/mol. The van der Waals surface area contributed by atoms with Crippen LogP contribution < -0.4 is 11.1 Å². The van der Waals surface area contributed by atoms with Gasteiger partial charge in [-0.1, -0.05) is 11.6 Å². The Labute approximate surface area is 105 Å². The lowest BCUT2D eigenvalue weighted by atomic mass is 9.76. The van der Waals surface area contributed by atoms with Crippen molar-refractivity contribution in [2.45, 2.75) is 31.9 Å². The normalized spacial score (nSPS) is 30.8. The minimum absolute atomic E-state index is 0.257. The van der Waals surface area contributed by atoms with Crippen LogP contribution in [0, 0.1) is 12.8 Å². The van der Waals surface area contributed by atoms with Gasteiger partial charge in [-0.25, -0.2) is 4.98 Å². The molecule has 2 heterocycles. The van der Waals surface area contributed by atoms with Crippen LogP contribution in [0.4, 0.5) is 11.8 Å². The van der Waals surface area contributed by atoms with Crippen molar-refractivity contribution < 1.29 is 4.74 Å². The summed E-state index contributed by atoms with van der Waals surface area (Å²) in [6.07, 6.45) is 2.55. The van der Waals surface area contributed by atoms with Gasteiger partial charge in [0.1, 0.15) is 5.02 Å². The highest BCUT2D eigenvalue weighted by Gasteiger charge is 2.45. The lowest BCUT2D eigenvalue weighted by Gasteiger charge is -2.39. The Bertz CT molecular complexity index is 453. The van der Waals surface area contributed by atoms with Gasteiger partial charge < -0.3 is 15.8 Å². The predicted octanol–water partition coefficient (Wildman–Crippen LogP) is 1.61. The average Bonchev–Trinajstić information content (AvgIpc) is 2.63. The zero-order chi connectivity index (χ0) is 12.0. The molecular formula is C11H15ClN4O. The fourth-order valence-corrected chi connectivity index (χ4v) is 2.75. The SMILES string of the molecule is Cc1nc(N)nc(N[C@H]2C[C@@H]3OCC[C@H]23)c1Cl. The van der Waals surface area contributed by atoms with Gasteiger partial charge >= 0.3 is 0 Å². The van der Waals surface area contributed by atoms with Crippen molar-refractivity contribution in [1.29, 1.82) is 0 Å². The highest BCUT2D eigenvalue weighted by molar-refractivity contribution is 6.33. The maximum Gasteiger partial charge on any atom is 0.222 e. The molecule has 3 N–H and O–H groups in total. The number of aromatic nitrogens is 2. The number of halogens is 1. The Hall–Kier alpha value is -1.07. The topological polar surface area (TPSA) is 73.1 Å². The van der Waals surface area contributed by atoms with E-state index in [4.69, 9.17) is 22.1 Å². The van der Waals surface area contributed by atoms with E-state index in [-0.39, 0.29) is 5.95 Å². The van der Waals surface area contributed by atoms with Gasteiger partial charge in [0, 0.05) is 18.6 Å². The Balaban J connectivity index is 1.77. The maximum atomic E-state index is 6.16. The van der Waals surface area contributed by atoms with E-state index in [1.807, 2.05) is 6.92 Å². The number of hydrogen-bond acceptors (Lipinski definition) is 5. The number of anilines is 2. The molecule has 1 aromatic heterocycles. The zero-order valence-corrected chi connectivity index (χ0v) is 10.4. The molecule has 5 nitrogen and oxygen atoms in total. The number of nitrogens with one attached hydrogen (secondary N) is 1. The van der Waals surface area contributed by atoms with Crippen molar-refractivity contribution in [3.05, 3.63) is 10.7 Å². The van der Waals surface area contributed by atoms with Gasteiger partial charge in [0.25, 0.3) is 0 Å². The number of nitrogens with two attached hydrogens (primary N) is 1. The van der Waals surface area contributed by atoms with Crippen LogP contribution in [0.2, 0.25) is 5.02 Å². The molecule has 2 aliphatic rings. The molecule has 0 bridgehead atoms. The second-order valence-corrected chi connectivity index (χ2v) is 5.06. The van der Waals surface area contributed by atoms with Crippen LogP contribution in [0.3, 0.4) is 0 Å². The molecule has 3 rings (SSSR count). The molecule has 92 valence electrons. The quantitative estimate of drug-likeness (QED) is 0.839. The third-order valence-electron chi connectivity index (χ3n) is 3.62. The zero-order valence-electron chi connectivity index (χ0n) is 9.61. The van der Waals surface area contributed by atoms with E-state index in [1.54, 1.807) is 0 Å². The molecule has 1 saturated carbocycles. The van der Waals surface area contributed by atoms with E-state index in [9.17, 15) is 0 Å². The monoisotopic (exact) mass is 254 g/mol. The van der Waals surface area contributed by atoms with Gasteiger partial charge in [-0.05, 0) is 19.8 Å². The van der Waals surface area contributed by atoms with Gasteiger partial charge in [-0.3, -0.25) is 0 Å². The van der Waals surface area contributed by atoms with E-state index < -0.39 is 0 Å². The van der Waals surface area contributed by atoms with Crippen LogP contribution in [-0.2, 0) is 4.74 Å². The van der Waals surface area contributed by atoms with E-state index >= 15 is 0 Å². The summed E-state index contributed by atoms with van der Waals surface area (Å²) in [6, 6.07) is 0.397. The molecule has 1 aliphatic carbocycles. The molecule has 0 unspecified atom stereocenters. The molecule has 1 aromatic rings. The first-order valence-corrected chi connectivity index (χ1v) is 6.20. The largest absolute Gasteiger partial charge is 0.378 e. The fraction of sp³-hybridized carbons (Fsp3) is 0.636. The number of aryl methyl sites for hydroxylation is 1. The third-order valence-corrected chi connectivity index (χ3v) is 4.07. The number of fused-ring (bicyclic) bond motifs is 1. The van der Waals surface area contributed by atoms with Gasteiger partial charge in [0.2, 0.25) is 5.95 Å². The van der Waals surface area contributed by atoms with Gasteiger partial charge in [0.15, 0.2) is 5.82 Å². The molecule has 17 heavy (non-hydrogen) atoms. The molecular weight excluding hydrogens is 240 g/mol. The number of nitrogen functional groups attached to an aromatic ring is 1. The van der Waals surface area contributed by atoms with Crippen molar-refractivity contribution in [2.24, 2.45) is 5.92 Å². The van der Waals surface area contributed by atoms with Crippen molar-refractivity contribution in [2.75, 3.05) is 17.7 Å². The van der Waals surface area contributed by atoms with Gasteiger partial charge in [-0.15, -0.1) is 0 Å². The van der Waals surface area contributed by atoms with Gasteiger partial charge in [0.05, 0.1) is 11.8 Å². The van der Waals surface area contributed by atoms with E-state index in [0.717, 1.165) is 19.4 Å². The van der Waals surface area contributed by atoms with Crippen LogP contribution in [-0.4, -0.2) is 28.7 Å². The summed E-state index contributed by atoms with van der Waals surface area (Å²) in [6.45, 7) is 2.69. The molecule has 0 amide bonds. The highest BCUT2D eigenvalue weighted by Crippen LogP contribution is 2.40. The van der Waals surface area contributed by atoms with Crippen molar-refractivity contribution in [1.82, 2.24) is 9.97 Å². The lowest BCUT2D eigenvalue weighted by Crippen LogP contribution is -2.47. The smallest absolute Gasteiger partial charge is 0.222 e. The number of rotatable bonds is 2. The first-order chi connectivity index (χ1) is 8.15. The minimum Gasteiger partial charge on any atom is -0.378 e. The molecule has 3 atom stereocenters. The van der Waals surface area contributed by atoms with Gasteiger partial charge in [-0.2, -0.15) is 4.98 Å². The highest BCUT2D eigenvalue weighted by atomic mass is 35.5. The summed E-state index contributed by atoms with van der Waals surface area (Å²) in [7, 11) is 0. The van der Waals surface area contributed by atoms with Crippen LogP contribution >= 0.6 is 11.6 Å². The fourth-order valence-electron chi connectivity index (χ4n) is 2.62. The summed E-state index contributed by atoms with van der Waals surface area (Å²) in [4.78, 5) is 8.17. The van der Waals surface area contributed by atoms with Crippen LogP contribution in [0.25, 0.3) is 0 Å². The van der Waals surface area contributed by atoms with Crippen LogP contribution in [0.1, 0.15) is 18.5 Å². The van der Waals surface area contributed by atoms with Crippen molar-refractivity contribution in [3.63, 3.8) is 0 Å². The second-order valence-electron chi connectivity index (χ2n) is 4.68. The summed E-state index contributed by atoms with van der Waals surface area (Å²) >= 11 is 6.16. The Morgan fingerprint density at radius 1 is 1.47 bits per heavy atom. The van der Waals surface area contributed by atoms with E-state index in [1.165, 1.54) is 0 Å². The molecule has 6 heteroatoms. The summed E-state index contributed by atoms with van der Waals surface area (Å²) in [5.41, 5.74) is 6.33. The Kier molecular flexibility index (Phi) is 2.60. The Morgan fingerprint density at radius 2 is 2.29 bits per heavy atom. The number of nitrogens with zero attached hydrogens (tertiary/aromatic N) is 2. The molecule has 2 fully saturated rings. The Morgan fingerprint density at radius 3 is 3.06 bits per heavy atom. The van der Waals surface area contributed by atoms with E-state index in [0.29, 0.717) is 34.6 Å². The first-order valence-electron chi connectivity index (χ1n) is 5.83. The molecule has 1 saturated heterocycles. The molecule has 0 radical (unpaired) electrons. The second kappa shape index (κ2) is 3.99. The molecule has 0 aromatic carbocycles. The maximum absolute atomic E-state index is 6.16. The first kappa shape index (κ1) is 11.0. The summed E-state index contributed by atoms with van der Waals surface area (Å²) in [5.74, 6) is 1.49. The summed E-state index contributed by atoms with van der Waals surface area (Å²) in [5, 5.41) is 3.91. The van der Waals surface area contributed by atoms with E-state index in [2.05, 4.69) is 15.3 Å². The lowest BCUT2D eigenvalue weighted by molar-refractivity contribution is 0.0246. The molecule has 1 aliphatic heterocycles. The minimum atomic E-state index is 0.257. The van der Waals surface area contributed by atoms with Crippen LogP contribution in [0.5, 0.6) is 0 Å². The van der Waals surface area contributed by atoms with Crippen molar-refractivity contribution >= 4 is 23.4 Å². The number of hydrogen-bond donors (Lipinski definition) is 2. The third kappa shape index (κ3) is 1.83. The predicted molar refractivity (Wildman–Crippen MR) is 66.1 cm³/mol.